The van der Waals surface area contributed by atoms with Gasteiger partial charge in [0.05, 0.1) is 18.2 Å². The number of aliphatic hydroxyl groups is 1. The lowest BCUT2D eigenvalue weighted by Crippen LogP contribution is -2.23. The van der Waals surface area contributed by atoms with E-state index < -0.39 is 6.10 Å². The average molecular weight is 421 g/mol. The number of imidazole rings is 1. The zero-order chi connectivity index (χ0) is 20.8. The Morgan fingerprint density at radius 3 is 2.70 bits per heavy atom. The summed E-state index contributed by atoms with van der Waals surface area (Å²) in [5, 5.41) is 18.3. The number of nitrogens with zero attached hydrogens (tertiary/aromatic N) is 2. The Bertz CT molecular complexity index is 1060. The van der Waals surface area contributed by atoms with Crippen molar-refractivity contribution in [3.63, 3.8) is 0 Å². The molecule has 6 nitrogen and oxygen atoms in total. The number of anilines is 1. The van der Waals surface area contributed by atoms with Crippen molar-refractivity contribution in [3.05, 3.63) is 89.2 Å². The summed E-state index contributed by atoms with van der Waals surface area (Å²) in [6, 6.07) is 17.5. The molecule has 0 radical (unpaired) electrons. The first kappa shape index (κ1) is 20.3. The summed E-state index contributed by atoms with van der Waals surface area (Å²) in [4.78, 5) is 17.6. The number of carbonyl (C=O) groups is 1. The van der Waals surface area contributed by atoms with Gasteiger partial charge in [-0.1, -0.05) is 42.5 Å². The maximum atomic E-state index is 12.3. The van der Waals surface area contributed by atoms with Gasteiger partial charge in [0.25, 0.3) is 0 Å². The summed E-state index contributed by atoms with van der Waals surface area (Å²) in [5.74, 6) is -0.0786. The van der Waals surface area contributed by atoms with E-state index in [4.69, 9.17) is 0 Å². The Morgan fingerprint density at radius 1 is 1.13 bits per heavy atom. The van der Waals surface area contributed by atoms with Gasteiger partial charge in [-0.15, -0.1) is 11.3 Å². The zero-order valence-electron chi connectivity index (χ0n) is 16.5. The molecule has 30 heavy (non-hydrogen) atoms. The summed E-state index contributed by atoms with van der Waals surface area (Å²) in [5.41, 5.74) is 3.63. The number of aromatic nitrogens is 2. The number of hydrogen-bond acceptors (Lipinski definition) is 5. The van der Waals surface area contributed by atoms with Gasteiger partial charge in [0.15, 0.2) is 4.96 Å². The zero-order valence-corrected chi connectivity index (χ0v) is 17.3. The average Bonchev–Trinajstić information content (AvgIpc) is 3.34. The maximum absolute atomic E-state index is 12.3. The molecule has 3 N–H and O–H groups in total. The molecule has 2 aromatic carbocycles. The van der Waals surface area contributed by atoms with Crippen molar-refractivity contribution < 1.29 is 9.90 Å². The topological polar surface area (TPSA) is 78.7 Å². The van der Waals surface area contributed by atoms with Gasteiger partial charge in [-0.2, -0.15) is 0 Å². The third kappa shape index (κ3) is 5.33. The van der Waals surface area contributed by atoms with Crippen molar-refractivity contribution in [1.29, 1.82) is 0 Å². The molecule has 0 fully saturated rings. The summed E-state index contributed by atoms with van der Waals surface area (Å²) < 4.78 is 1.93. The molecule has 0 spiro atoms. The largest absolute Gasteiger partial charge is 0.387 e. The molecule has 0 saturated carbocycles. The van der Waals surface area contributed by atoms with Gasteiger partial charge >= 0.3 is 0 Å². The van der Waals surface area contributed by atoms with Crippen LogP contribution in [0.4, 0.5) is 5.69 Å². The lowest BCUT2D eigenvalue weighted by molar-refractivity contribution is -0.115. The predicted octanol–water partition coefficient (Wildman–Crippen LogP) is 3.44. The normalized spacial score (nSPS) is 12.2. The number of amides is 1. The monoisotopic (exact) mass is 420 g/mol. The van der Waals surface area contributed by atoms with Crippen molar-refractivity contribution in [1.82, 2.24) is 14.7 Å². The summed E-state index contributed by atoms with van der Waals surface area (Å²) in [6.45, 7) is 1.29. The van der Waals surface area contributed by atoms with Crippen molar-refractivity contribution in [2.45, 2.75) is 18.9 Å². The first-order chi connectivity index (χ1) is 14.7. The molecule has 1 atom stereocenters. The van der Waals surface area contributed by atoms with E-state index in [1.165, 1.54) is 5.56 Å². The highest BCUT2D eigenvalue weighted by atomic mass is 32.1. The molecule has 4 aromatic rings. The Kier molecular flexibility index (Phi) is 6.53. The highest BCUT2D eigenvalue weighted by Gasteiger charge is 2.09. The van der Waals surface area contributed by atoms with Crippen molar-refractivity contribution in [2.75, 3.05) is 18.4 Å². The molecule has 4 rings (SSSR count). The van der Waals surface area contributed by atoms with Crippen molar-refractivity contribution >= 4 is 27.9 Å². The highest BCUT2D eigenvalue weighted by Crippen LogP contribution is 2.14. The maximum Gasteiger partial charge on any atom is 0.230 e. The van der Waals surface area contributed by atoms with Crippen LogP contribution in [0, 0.1) is 0 Å². The fourth-order valence-corrected chi connectivity index (χ4v) is 3.97. The number of nitrogens with one attached hydrogen (secondary N) is 2. The van der Waals surface area contributed by atoms with E-state index in [1.54, 1.807) is 11.3 Å². The quantitative estimate of drug-likeness (QED) is 0.363. The standard InChI is InChI=1S/C23H24N4O2S/c28-21(18-4-2-1-3-5-18)15-24-11-10-17-6-8-19(9-7-17)25-22(29)14-20-16-27-12-13-30-23(27)26-20/h1-9,12-13,16,21,24,28H,10-11,14-15H2,(H,25,29)/t21-/m0/s1. The Labute approximate surface area is 179 Å². The van der Waals surface area contributed by atoms with Crippen LogP contribution in [0.1, 0.15) is 22.9 Å². The van der Waals surface area contributed by atoms with E-state index in [2.05, 4.69) is 15.6 Å². The molecule has 0 bridgehead atoms. The number of carbonyl (C=O) groups excluding carboxylic acids is 1. The third-order valence-electron chi connectivity index (χ3n) is 4.84. The minimum Gasteiger partial charge on any atom is -0.387 e. The molecule has 0 aliphatic carbocycles. The number of rotatable bonds is 9. The van der Waals surface area contributed by atoms with Crippen LogP contribution < -0.4 is 10.6 Å². The van der Waals surface area contributed by atoms with Gasteiger partial charge in [0.1, 0.15) is 0 Å². The Morgan fingerprint density at radius 2 is 1.93 bits per heavy atom. The molecule has 0 saturated heterocycles. The van der Waals surface area contributed by atoms with E-state index in [0.29, 0.717) is 6.54 Å². The van der Waals surface area contributed by atoms with E-state index in [1.807, 2.05) is 76.8 Å². The second-order valence-corrected chi connectivity index (χ2v) is 8.00. The molecule has 1 amide bonds. The van der Waals surface area contributed by atoms with Crippen molar-refractivity contribution in [3.8, 4) is 0 Å². The predicted molar refractivity (Wildman–Crippen MR) is 120 cm³/mol. The van der Waals surface area contributed by atoms with Gasteiger partial charge in [-0.05, 0) is 36.2 Å². The molecule has 2 aromatic heterocycles. The fourth-order valence-electron chi connectivity index (χ4n) is 3.25. The molecule has 154 valence electrons. The van der Waals surface area contributed by atoms with E-state index >= 15 is 0 Å². The second kappa shape index (κ2) is 9.67. The Hall–Kier alpha value is -3.00. The van der Waals surface area contributed by atoms with Crippen LogP contribution >= 0.6 is 11.3 Å². The van der Waals surface area contributed by atoms with Gasteiger partial charge in [-0.3, -0.25) is 9.20 Å². The van der Waals surface area contributed by atoms with Gasteiger partial charge in [0, 0.05) is 30.0 Å². The summed E-state index contributed by atoms with van der Waals surface area (Å²) >= 11 is 1.55. The minimum absolute atomic E-state index is 0.0786. The van der Waals surface area contributed by atoms with Crippen LogP contribution in [0.3, 0.4) is 0 Å². The van der Waals surface area contributed by atoms with E-state index in [0.717, 1.165) is 34.9 Å². The van der Waals surface area contributed by atoms with Crippen LogP contribution in [0.2, 0.25) is 0 Å². The van der Waals surface area contributed by atoms with Crippen LogP contribution in [-0.4, -0.2) is 33.5 Å². The molecular weight excluding hydrogens is 396 g/mol. The third-order valence-corrected chi connectivity index (χ3v) is 5.61. The van der Waals surface area contributed by atoms with E-state index in [9.17, 15) is 9.90 Å². The number of benzene rings is 2. The molecule has 0 aliphatic heterocycles. The van der Waals surface area contributed by atoms with Crippen LogP contribution in [0.25, 0.3) is 4.96 Å². The highest BCUT2D eigenvalue weighted by molar-refractivity contribution is 7.15. The summed E-state index contributed by atoms with van der Waals surface area (Å²) in [7, 11) is 0. The molecular formula is C23H24N4O2S. The van der Waals surface area contributed by atoms with Crippen molar-refractivity contribution in [2.24, 2.45) is 0 Å². The number of thiazole rings is 1. The number of aliphatic hydroxyl groups excluding tert-OH is 1. The first-order valence-corrected chi connectivity index (χ1v) is 10.8. The SMILES string of the molecule is O=C(Cc1cn2ccsc2n1)Nc1ccc(CCNC[C@H](O)c2ccccc2)cc1. The van der Waals surface area contributed by atoms with Crippen LogP contribution in [0.15, 0.2) is 72.4 Å². The van der Waals surface area contributed by atoms with Gasteiger partial charge in [0.2, 0.25) is 5.91 Å². The van der Waals surface area contributed by atoms with Crippen LogP contribution in [0.5, 0.6) is 0 Å². The molecule has 2 heterocycles. The lowest BCUT2D eigenvalue weighted by atomic mass is 10.1. The fraction of sp³-hybridized carbons (Fsp3) is 0.217. The Balaban J connectivity index is 1.20. The first-order valence-electron chi connectivity index (χ1n) is 9.91. The number of hydrogen-bond donors (Lipinski definition) is 3. The molecule has 0 unspecified atom stereocenters. The lowest BCUT2D eigenvalue weighted by Gasteiger charge is -2.12. The summed E-state index contributed by atoms with van der Waals surface area (Å²) in [6.07, 6.45) is 4.42. The second-order valence-electron chi connectivity index (χ2n) is 7.13. The van der Waals surface area contributed by atoms with E-state index in [-0.39, 0.29) is 12.3 Å². The minimum atomic E-state index is -0.505. The molecule has 0 aliphatic rings. The smallest absolute Gasteiger partial charge is 0.230 e. The number of fused-ring (bicyclic) bond motifs is 1. The molecule has 7 heteroatoms. The van der Waals surface area contributed by atoms with Crippen LogP contribution in [-0.2, 0) is 17.6 Å². The van der Waals surface area contributed by atoms with Gasteiger partial charge in [-0.25, -0.2) is 4.98 Å². The van der Waals surface area contributed by atoms with Gasteiger partial charge < -0.3 is 15.7 Å².